The third-order valence-electron chi connectivity index (χ3n) is 5.93. The molecule has 0 unspecified atom stereocenters. The SMILES string of the molecule is N#C[C@H]1C[C@@H](c2nn3ccc(Cl)c3c(=O)n2-c2ccccc2)N(c2ncnc3nc[nH]c23)C1.S.S. The summed E-state index contributed by atoms with van der Waals surface area (Å²) in [7, 11) is 0. The van der Waals surface area contributed by atoms with Crippen LogP contribution in [0.15, 0.2) is 60.0 Å². The number of aromatic nitrogens is 7. The van der Waals surface area contributed by atoms with Gasteiger partial charge < -0.3 is 9.88 Å². The zero-order valence-corrected chi connectivity index (χ0v) is 20.9. The molecular formula is C22H20ClN9OS2. The molecule has 4 aromatic heterocycles. The van der Waals surface area contributed by atoms with Crippen molar-refractivity contribution in [2.75, 3.05) is 11.4 Å². The monoisotopic (exact) mass is 525 g/mol. The molecule has 1 fully saturated rings. The first kappa shape index (κ1) is 24.6. The van der Waals surface area contributed by atoms with Crippen LogP contribution in [0, 0.1) is 17.2 Å². The van der Waals surface area contributed by atoms with E-state index in [0.29, 0.717) is 52.0 Å². The Morgan fingerprint density at radius 2 is 1.91 bits per heavy atom. The third-order valence-corrected chi connectivity index (χ3v) is 6.24. The first-order valence-corrected chi connectivity index (χ1v) is 10.7. The van der Waals surface area contributed by atoms with E-state index in [1.807, 2.05) is 35.2 Å². The van der Waals surface area contributed by atoms with E-state index in [4.69, 9.17) is 16.7 Å². The van der Waals surface area contributed by atoms with Gasteiger partial charge in [0.2, 0.25) is 0 Å². The van der Waals surface area contributed by atoms with Crippen molar-refractivity contribution in [2.45, 2.75) is 12.5 Å². The molecule has 1 aliphatic rings. The highest BCUT2D eigenvalue weighted by Gasteiger charge is 2.39. The van der Waals surface area contributed by atoms with E-state index in [0.717, 1.165) is 0 Å². The van der Waals surface area contributed by atoms with Gasteiger partial charge in [0.05, 0.1) is 35.1 Å². The first-order valence-electron chi connectivity index (χ1n) is 10.3. The first-order chi connectivity index (χ1) is 16.2. The quantitative estimate of drug-likeness (QED) is 0.384. The molecule has 0 saturated carbocycles. The fourth-order valence-electron chi connectivity index (χ4n) is 4.47. The van der Waals surface area contributed by atoms with Gasteiger partial charge in [-0.1, -0.05) is 29.8 Å². The van der Waals surface area contributed by atoms with Gasteiger partial charge in [0, 0.05) is 12.7 Å². The van der Waals surface area contributed by atoms with Crippen LogP contribution in [0.4, 0.5) is 5.82 Å². The number of imidazole rings is 1. The van der Waals surface area contributed by atoms with Crippen molar-refractivity contribution in [1.29, 1.82) is 5.26 Å². The average Bonchev–Trinajstić information content (AvgIpc) is 3.57. The number of benzene rings is 1. The molecule has 0 amide bonds. The standard InChI is InChI=1S/C22H16ClN9O.2H2S/c23-15-6-7-31-18(15)22(33)32(14-4-2-1-3-5-14)20(29-31)16-8-13(9-24)10-30(16)21-17-19(26-11-25-17)27-12-28-21;;/h1-7,11-13,16H,8,10H2,(H,25,26,27,28);2*1H2/t13-,16+;;/m1../s1. The molecular weight excluding hydrogens is 506 g/mol. The Hall–Kier alpha value is -3.53. The Kier molecular flexibility index (Phi) is 6.75. The number of hydrogen-bond acceptors (Lipinski definition) is 7. The van der Waals surface area contributed by atoms with Crippen molar-refractivity contribution < 1.29 is 0 Å². The van der Waals surface area contributed by atoms with E-state index in [9.17, 15) is 10.1 Å². The van der Waals surface area contributed by atoms with E-state index in [-0.39, 0.29) is 38.5 Å². The fourth-order valence-corrected chi connectivity index (χ4v) is 4.69. The molecule has 1 aliphatic heterocycles. The van der Waals surface area contributed by atoms with E-state index < -0.39 is 6.04 Å². The highest BCUT2D eigenvalue weighted by molar-refractivity contribution is 7.59. The van der Waals surface area contributed by atoms with Gasteiger partial charge in [0.15, 0.2) is 17.3 Å². The number of rotatable bonds is 3. The summed E-state index contributed by atoms with van der Waals surface area (Å²) in [5.74, 6) is 0.836. The van der Waals surface area contributed by atoms with Crippen LogP contribution in [-0.4, -0.2) is 40.7 Å². The number of anilines is 1. The Morgan fingerprint density at radius 1 is 1.11 bits per heavy atom. The molecule has 1 N–H and O–H groups in total. The smallest absolute Gasteiger partial charge is 0.284 e. The molecule has 13 heteroatoms. The molecule has 0 radical (unpaired) electrons. The topological polar surface area (TPSA) is 121 Å². The summed E-state index contributed by atoms with van der Waals surface area (Å²) in [6, 6.07) is 12.9. The summed E-state index contributed by atoms with van der Waals surface area (Å²) in [6.07, 6.45) is 5.15. The second-order valence-corrected chi connectivity index (χ2v) is 8.23. The highest BCUT2D eigenvalue weighted by atomic mass is 35.5. The molecule has 5 aromatic rings. The van der Waals surface area contributed by atoms with Crippen molar-refractivity contribution in [3.8, 4) is 11.8 Å². The zero-order valence-electron chi connectivity index (χ0n) is 18.1. The summed E-state index contributed by atoms with van der Waals surface area (Å²) in [5, 5.41) is 14.9. The number of nitriles is 1. The minimum atomic E-state index is -0.394. The van der Waals surface area contributed by atoms with Crippen molar-refractivity contribution >= 4 is 61.1 Å². The molecule has 35 heavy (non-hydrogen) atoms. The number of halogens is 1. The van der Waals surface area contributed by atoms with Gasteiger partial charge in [0.25, 0.3) is 5.56 Å². The maximum atomic E-state index is 13.6. The Morgan fingerprint density at radius 3 is 2.69 bits per heavy atom. The predicted octanol–water partition coefficient (Wildman–Crippen LogP) is 3.12. The van der Waals surface area contributed by atoms with Crippen LogP contribution in [0.3, 0.4) is 0 Å². The van der Waals surface area contributed by atoms with Crippen LogP contribution in [0.25, 0.3) is 22.4 Å². The van der Waals surface area contributed by atoms with Crippen molar-refractivity contribution in [1.82, 2.24) is 34.1 Å². The lowest BCUT2D eigenvalue weighted by molar-refractivity contribution is 0.587. The Balaban J connectivity index is 0.00000144. The van der Waals surface area contributed by atoms with Crippen molar-refractivity contribution in [3.05, 3.63) is 76.5 Å². The maximum absolute atomic E-state index is 13.6. The molecule has 1 aromatic carbocycles. The van der Waals surface area contributed by atoms with Crippen LogP contribution in [0.5, 0.6) is 0 Å². The molecule has 10 nitrogen and oxygen atoms in total. The number of nitrogens with one attached hydrogen (secondary N) is 1. The van der Waals surface area contributed by atoms with E-state index in [2.05, 4.69) is 26.0 Å². The summed E-state index contributed by atoms with van der Waals surface area (Å²) in [6.45, 7) is 0.432. The van der Waals surface area contributed by atoms with Crippen molar-refractivity contribution in [3.63, 3.8) is 0 Å². The summed E-state index contributed by atoms with van der Waals surface area (Å²) < 4.78 is 3.08. The van der Waals surface area contributed by atoms with Crippen LogP contribution in [0.2, 0.25) is 5.02 Å². The lowest BCUT2D eigenvalue weighted by Crippen LogP contribution is -2.33. The van der Waals surface area contributed by atoms with Gasteiger partial charge in [-0.05, 0) is 24.6 Å². The second-order valence-electron chi connectivity index (χ2n) is 7.82. The van der Waals surface area contributed by atoms with Gasteiger partial charge in [-0.25, -0.2) is 19.5 Å². The van der Waals surface area contributed by atoms with E-state index >= 15 is 0 Å². The number of aromatic amines is 1. The molecule has 1 saturated heterocycles. The van der Waals surface area contributed by atoms with Gasteiger partial charge in [0.1, 0.15) is 17.4 Å². The molecule has 6 rings (SSSR count). The average molecular weight is 526 g/mol. The number of para-hydroxylation sites is 1. The zero-order chi connectivity index (χ0) is 22.5. The summed E-state index contributed by atoms with van der Waals surface area (Å²) in [5.41, 5.74) is 1.87. The van der Waals surface area contributed by atoms with Gasteiger partial charge in [-0.15, -0.1) is 0 Å². The van der Waals surface area contributed by atoms with Gasteiger partial charge in [-0.3, -0.25) is 9.36 Å². The van der Waals surface area contributed by atoms with E-state index in [1.54, 1.807) is 23.2 Å². The molecule has 178 valence electrons. The van der Waals surface area contributed by atoms with Crippen LogP contribution >= 0.6 is 38.6 Å². The van der Waals surface area contributed by atoms with Crippen LogP contribution < -0.4 is 10.5 Å². The van der Waals surface area contributed by atoms with E-state index in [1.165, 1.54) is 10.8 Å². The minimum Gasteiger partial charge on any atom is -0.343 e. The third kappa shape index (κ3) is 3.91. The second kappa shape index (κ2) is 9.61. The molecule has 5 heterocycles. The minimum absolute atomic E-state index is 0. The maximum Gasteiger partial charge on any atom is 0.284 e. The van der Waals surface area contributed by atoms with Crippen LogP contribution in [0.1, 0.15) is 18.3 Å². The van der Waals surface area contributed by atoms with Gasteiger partial charge >= 0.3 is 0 Å². The van der Waals surface area contributed by atoms with Crippen molar-refractivity contribution in [2.24, 2.45) is 5.92 Å². The highest BCUT2D eigenvalue weighted by Crippen LogP contribution is 2.39. The number of fused-ring (bicyclic) bond motifs is 2. The molecule has 0 spiro atoms. The number of H-pyrrole nitrogens is 1. The summed E-state index contributed by atoms with van der Waals surface area (Å²) in [4.78, 5) is 31.6. The predicted molar refractivity (Wildman–Crippen MR) is 142 cm³/mol. The molecule has 0 aliphatic carbocycles. The normalized spacial score (nSPS) is 17.2. The van der Waals surface area contributed by atoms with Crippen LogP contribution in [-0.2, 0) is 0 Å². The largest absolute Gasteiger partial charge is 0.343 e. The lowest BCUT2D eigenvalue weighted by atomic mass is 10.1. The Bertz CT molecular complexity index is 1610. The van der Waals surface area contributed by atoms with Gasteiger partial charge in [-0.2, -0.15) is 37.4 Å². The number of hydrogen-bond donors (Lipinski definition) is 1. The number of nitrogens with zero attached hydrogens (tertiary/aromatic N) is 8. The fraction of sp³-hybridized carbons (Fsp3) is 0.182. The lowest BCUT2D eigenvalue weighted by Gasteiger charge is -2.27. The summed E-state index contributed by atoms with van der Waals surface area (Å²) >= 11 is 6.32. The Labute approximate surface area is 218 Å². The molecule has 0 bridgehead atoms. The molecule has 2 atom stereocenters.